The molecule has 1 rings (SSSR count). The van der Waals surface area contributed by atoms with Gasteiger partial charge in [0.2, 0.25) is 0 Å². The Morgan fingerprint density at radius 2 is 1.85 bits per heavy atom. The smallest absolute Gasteiger partial charge is 0.385 e. The molecule has 0 heterocycles. The Morgan fingerprint density at radius 1 is 1.23 bits per heavy atom. The summed E-state index contributed by atoms with van der Waals surface area (Å²) in [4.78, 5) is 0. The molecule has 1 N–H and O–H groups in total. The van der Waals surface area contributed by atoms with E-state index in [1.165, 1.54) is 6.07 Å². The number of aliphatic hydroxyl groups excluding tert-OH is 1. The molecule has 0 saturated carbocycles. The zero-order valence-corrected chi connectivity index (χ0v) is 7.02. The van der Waals surface area contributed by atoms with Crippen LogP contribution in [0.1, 0.15) is 11.1 Å². The van der Waals surface area contributed by atoms with Gasteiger partial charge in [0.15, 0.2) is 0 Å². The fraction of sp³-hybridized carbons (Fsp3) is 0.125. The summed E-state index contributed by atoms with van der Waals surface area (Å²) in [5.41, 5.74) is -0.847. The largest absolute Gasteiger partial charge is 0.416 e. The van der Waals surface area contributed by atoms with Crippen LogP contribution in [0, 0.1) is 6.61 Å². The van der Waals surface area contributed by atoms with Gasteiger partial charge >= 0.3 is 6.18 Å². The van der Waals surface area contributed by atoms with E-state index in [0.29, 0.717) is 6.61 Å². The maximum atomic E-state index is 12.1. The molecule has 0 atom stereocenters. The number of hydrogen-bond donors (Lipinski definition) is 1. The van der Waals surface area contributed by atoms with Gasteiger partial charge in [0.25, 0.3) is 0 Å². The molecule has 0 aromatic heterocycles. The van der Waals surface area contributed by atoms with Crippen LogP contribution < -0.4 is 0 Å². The first-order chi connectivity index (χ1) is 5.93. The molecule has 5 heteroatoms. The number of benzene rings is 1. The third-order valence-electron chi connectivity index (χ3n) is 1.40. The second kappa shape index (κ2) is 3.55. The fourth-order valence-electron chi connectivity index (χ4n) is 0.851. The van der Waals surface area contributed by atoms with E-state index in [2.05, 4.69) is 0 Å². The van der Waals surface area contributed by atoms with Crippen LogP contribution in [0.4, 0.5) is 13.2 Å². The van der Waals surface area contributed by atoms with Gasteiger partial charge in [-0.05, 0) is 23.8 Å². The van der Waals surface area contributed by atoms with Crippen LogP contribution in [0.2, 0.25) is 5.02 Å². The molecule has 1 aromatic rings. The van der Waals surface area contributed by atoms with Crippen LogP contribution in [0.15, 0.2) is 18.2 Å². The number of rotatable bonds is 1. The van der Waals surface area contributed by atoms with E-state index in [1.807, 2.05) is 0 Å². The lowest BCUT2D eigenvalue weighted by molar-refractivity contribution is -0.137. The minimum atomic E-state index is -4.44. The Kier molecular flexibility index (Phi) is 2.83. The van der Waals surface area contributed by atoms with Gasteiger partial charge in [-0.25, -0.2) is 0 Å². The molecular formula is C8H5ClF3O. The van der Waals surface area contributed by atoms with Crippen molar-refractivity contribution in [3.63, 3.8) is 0 Å². The van der Waals surface area contributed by atoms with Gasteiger partial charge in [-0.3, -0.25) is 0 Å². The van der Waals surface area contributed by atoms with E-state index in [4.69, 9.17) is 16.7 Å². The summed E-state index contributed by atoms with van der Waals surface area (Å²) < 4.78 is 36.4. The predicted molar refractivity (Wildman–Crippen MR) is 41.8 cm³/mol. The predicted octanol–water partition coefficient (Wildman–Crippen LogP) is 3.24. The van der Waals surface area contributed by atoms with Crippen LogP contribution in [-0.2, 0) is 6.18 Å². The Bertz CT molecular complexity index is 309. The normalized spacial score (nSPS) is 11.8. The highest BCUT2D eigenvalue weighted by molar-refractivity contribution is 6.30. The van der Waals surface area contributed by atoms with E-state index in [-0.39, 0.29) is 10.6 Å². The van der Waals surface area contributed by atoms with Crippen molar-refractivity contribution in [2.75, 3.05) is 0 Å². The Morgan fingerprint density at radius 3 is 2.31 bits per heavy atom. The summed E-state index contributed by atoms with van der Waals surface area (Å²) in [6.45, 7) is 0.571. The van der Waals surface area contributed by atoms with Gasteiger partial charge in [-0.15, -0.1) is 0 Å². The van der Waals surface area contributed by atoms with E-state index < -0.39 is 11.7 Å². The molecule has 0 amide bonds. The molecule has 1 aromatic carbocycles. The van der Waals surface area contributed by atoms with Crippen molar-refractivity contribution in [2.24, 2.45) is 0 Å². The van der Waals surface area contributed by atoms with Crippen LogP contribution in [0.5, 0.6) is 0 Å². The Balaban J connectivity index is 3.16. The molecule has 1 nitrogen and oxygen atoms in total. The minimum Gasteiger partial charge on any atom is -0.385 e. The number of aliphatic hydroxyl groups is 1. The zero-order valence-electron chi connectivity index (χ0n) is 6.27. The fourth-order valence-corrected chi connectivity index (χ4v) is 1.09. The molecular weight excluding hydrogens is 205 g/mol. The third-order valence-corrected chi connectivity index (χ3v) is 1.61. The van der Waals surface area contributed by atoms with Crippen LogP contribution in [-0.4, -0.2) is 5.11 Å². The van der Waals surface area contributed by atoms with Gasteiger partial charge in [0.05, 0.1) is 5.56 Å². The molecule has 0 bridgehead atoms. The lowest BCUT2D eigenvalue weighted by atomic mass is 10.1. The third kappa shape index (κ3) is 2.60. The minimum absolute atomic E-state index is 0.0276. The molecule has 13 heavy (non-hydrogen) atoms. The molecule has 1 radical (unpaired) electrons. The van der Waals surface area contributed by atoms with Gasteiger partial charge in [-0.1, -0.05) is 11.6 Å². The monoisotopic (exact) mass is 209 g/mol. The van der Waals surface area contributed by atoms with Crippen molar-refractivity contribution >= 4 is 11.6 Å². The summed E-state index contributed by atoms with van der Waals surface area (Å²) >= 11 is 5.40. The van der Waals surface area contributed by atoms with E-state index in [0.717, 1.165) is 12.1 Å². The topological polar surface area (TPSA) is 20.2 Å². The lowest BCUT2D eigenvalue weighted by Gasteiger charge is -2.08. The molecule has 0 unspecified atom stereocenters. The van der Waals surface area contributed by atoms with E-state index in [9.17, 15) is 13.2 Å². The highest BCUT2D eigenvalue weighted by atomic mass is 35.5. The average Bonchev–Trinajstić information content (AvgIpc) is 2.01. The highest BCUT2D eigenvalue weighted by Crippen LogP contribution is 2.31. The van der Waals surface area contributed by atoms with Gasteiger partial charge < -0.3 is 5.11 Å². The van der Waals surface area contributed by atoms with Gasteiger partial charge in [0.1, 0.15) is 6.61 Å². The second-order valence-electron chi connectivity index (χ2n) is 2.40. The van der Waals surface area contributed by atoms with Gasteiger partial charge in [0, 0.05) is 5.02 Å². The quantitative estimate of drug-likeness (QED) is 0.753. The molecule has 0 aliphatic heterocycles. The number of alkyl halides is 3. The van der Waals surface area contributed by atoms with Crippen molar-refractivity contribution in [3.05, 3.63) is 41.0 Å². The summed E-state index contributed by atoms with van der Waals surface area (Å²) in [6.07, 6.45) is -4.44. The Hall–Kier alpha value is -0.740. The summed E-state index contributed by atoms with van der Waals surface area (Å²) in [6, 6.07) is 2.84. The molecule has 0 aliphatic carbocycles. The van der Waals surface area contributed by atoms with Crippen molar-refractivity contribution < 1.29 is 18.3 Å². The first kappa shape index (κ1) is 10.3. The summed E-state index contributed by atoms with van der Waals surface area (Å²) in [5, 5.41) is 8.44. The first-order valence-electron chi connectivity index (χ1n) is 3.28. The summed E-state index contributed by atoms with van der Waals surface area (Å²) in [7, 11) is 0. The van der Waals surface area contributed by atoms with Crippen molar-refractivity contribution in [2.45, 2.75) is 6.18 Å². The second-order valence-corrected chi connectivity index (χ2v) is 2.84. The standard InChI is InChI=1S/C8H5ClF3O/c9-7-2-5(4-13)1-6(3-7)8(10,11)12/h1-4,13H. The Labute approximate surface area is 77.8 Å². The van der Waals surface area contributed by atoms with Crippen LogP contribution in [0.25, 0.3) is 0 Å². The van der Waals surface area contributed by atoms with E-state index in [1.54, 1.807) is 0 Å². The van der Waals surface area contributed by atoms with E-state index >= 15 is 0 Å². The van der Waals surface area contributed by atoms with Gasteiger partial charge in [-0.2, -0.15) is 13.2 Å². The average molecular weight is 210 g/mol. The molecule has 0 spiro atoms. The van der Waals surface area contributed by atoms with Crippen LogP contribution >= 0.6 is 11.6 Å². The SMILES string of the molecule is O[CH]c1cc(Cl)cc(C(F)(F)F)c1. The van der Waals surface area contributed by atoms with Crippen LogP contribution in [0.3, 0.4) is 0 Å². The highest BCUT2D eigenvalue weighted by Gasteiger charge is 2.30. The van der Waals surface area contributed by atoms with Crippen molar-refractivity contribution in [1.29, 1.82) is 0 Å². The molecule has 0 aliphatic rings. The zero-order chi connectivity index (χ0) is 10.1. The maximum Gasteiger partial charge on any atom is 0.416 e. The number of hydrogen-bond acceptors (Lipinski definition) is 1. The molecule has 71 valence electrons. The number of halogens is 4. The maximum absolute atomic E-state index is 12.1. The molecule has 0 fully saturated rings. The molecule has 0 saturated heterocycles. The lowest BCUT2D eigenvalue weighted by Crippen LogP contribution is -2.05. The van der Waals surface area contributed by atoms with Crippen molar-refractivity contribution in [3.8, 4) is 0 Å². The first-order valence-corrected chi connectivity index (χ1v) is 3.66. The van der Waals surface area contributed by atoms with Crippen molar-refractivity contribution in [1.82, 2.24) is 0 Å². The summed E-state index contributed by atoms with van der Waals surface area (Å²) in [5.74, 6) is 0.